The molecule has 2 aromatic rings. The monoisotopic (exact) mass is 164 g/mol. The second-order valence-corrected chi connectivity index (χ2v) is 2.34. The van der Waals surface area contributed by atoms with E-state index in [-0.39, 0.29) is 0 Å². The SMILES string of the molecule is Sc1ncc2nccnc2n1. The molecule has 0 aliphatic carbocycles. The van der Waals surface area contributed by atoms with Gasteiger partial charge < -0.3 is 0 Å². The lowest BCUT2D eigenvalue weighted by Crippen LogP contribution is -1.89. The molecule has 0 spiro atoms. The van der Waals surface area contributed by atoms with Crippen LogP contribution in [0.15, 0.2) is 23.7 Å². The van der Waals surface area contributed by atoms with Crippen molar-refractivity contribution in [3.05, 3.63) is 18.6 Å². The molecule has 0 aliphatic heterocycles. The van der Waals surface area contributed by atoms with Crippen LogP contribution in [0.4, 0.5) is 0 Å². The summed E-state index contributed by atoms with van der Waals surface area (Å²) < 4.78 is 0. The molecule has 11 heavy (non-hydrogen) atoms. The summed E-state index contributed by atoms with van der Waals surface area (Å²) in [5.41, 5.74) is 1.26. The highest BCUT2D eigenvalue weighted by Crippen LogP contribution is 2.04. The summed E-state index contributed by atoms with van der Waals surface area (Å²) in [6, 6.07) is 0. The average Bonchev–Trinajstić information content (AvgIpc) is 2.04. The number of rotatable bonds is 0. The zero-order valence-corrected chi connectivity index (χ0v) is 6.36. The Bertz CT molecular complexity index is 389. The normalized spacial score (nSPS) is 10.3. The van der Waals surface area contributed by atoms with E-state index in [2.05, 4.69) is 32.6 Å². The quantitative estimate of drug-likeness (QED) is 0.460. The van der Waals surface area contributed by atoms with Crippen LogP contribution in [0.1, 0.15) is 0 Å². The largest absolute Gasteiger partial charge is 0.250 e. The molecule has 0 amide bonds. The molecular formula is C6H4N4S. The van der Waals surface area contributed by atoms with Gasteiger partial charge in [0.15, 0.2) is 10.8 Å². The van der Waals surface area contributed by atoms with E-state index in [9.17, 15) is 0 Å². The summed E-state index contributed by atoms with van der Waals surface area (Å²) in [7, 11) is 0. The van der Waals surface area contributed by atoms with Gasteiger partial charge in [-0.1, -0.05) is 0 Å². The van der Waals surface area contributed by atoms with Crippen molar-refractivity contribution < 1.29 is 0 Å². The van der Waals surface area contributed by atoms with Crippen LogP contribution >= 0.6 is 12.6 Å². The lowest BCUT2D eigenvalue weighted by molar-refractivity contribution is 0.986. The van der Waals surface area contributed by atoms with Crippen LogP contribution in [-0.4, -0.2) is 19.9 Å². The van der Waals surface area contributed by atoms with Gasteiger partial charge in [-0.2, -0.15) is 0 Å². The Hall–Kier alpha value is -1.23. The molecule has 4 nitrogen and oxygen atoms in total. The van der Waals surface area contributed by atoms with Crippen LogP contribution in [-0.2, 0) is 0 Å². The zero-order valence-electron chi connectivity index (χ0n) is 5.47. The smallest absolute Gasteiger partial charge is 0.186 e. The maximum Gasteiger partial charge on any atom is 0.186 e. The van der Waals surface area contributed by atoms with E-state index in [1.54, 1.807) is 18.6 Å². The molecule has 0 aromatic carbocycles. The number of fused-ring (bicyclic) bond motifs is 1. The predicted octanol–water partition coefficient (Wildman–Crippen LogP) is 0.708. The van der Waals surface area contributed by atoms with Gasteiger partial charge in [-0.05, 0) is 0 Å². The second-order valence-electron chi connectivity index (χ2n) is 1.94. The lowest BCUT2D eigenvalue weighted by atomic mass is 10.5. The molecule has 0 aliphatic rings. The minimum atomic E-state index is 0.415. The van der Waals surface area contributed by atoms with Gasteiger partial charge >= 0.3 is 0 Å². The van der Waals surface area contributed by atoms with Gasteiger partial charge in [-0.15, -0.1) is 12.6 Å². The van der Waals surface area contributed by atoms with E-state index in [1.807, 2.05) is 0 Å². The molecule has 5 heteroatoms. The summed E-state index contributed by atoms with van der Waals surface area (Å²) >= 11 is 3.97. The highest BCUT2D eigenvalue weighted by atomic mass is 32.1. The van der Waals surface area contributed by atoms with Crippen molar-refractivity contribution in [2.45, 2.75) is 5.16 Å². The van der Waals surface area contributed by atoms with Gasteiger partial charge in [0.2, 0.25) is 0 Å². The molecule has 0 saturated heterocycles. The molecule has 2 rings (SSSR count). The Labute approximate surface area is 68.1 Å². The molecular weight excluding hydrogens is 160 g/mol. The Balaban J connectivity index is 2.83. The summed E-state index contributed by atoms with van der Waals surface area (Å²) in [4.78, 5) is 15.8. The van der Waals surface area contributed by atoms with Crippen LogP contribution in [0.2, 0.25) is 0 Å². The third-order valence-electron chi connectivity index (χ3n) is 1.21. The van der Waals surface area contributed by atoms with Crippen LogP contribution in [0.25, 0.3) is 11.2 Å². The number of thiol groups is 1. The highest BCUT2D eigenvalue weighted by Gasteiger charge is 1.95. The molecule has 2 heterocycles. The van der Waals surface area contributed by atoms with Gasteiger partial charge in [0.05, 0.1) is 6.20 Å². The van der Waals surface area contributed by atoms with E-state index in [0.29, 0.717) is 16.3 Å². The zero-order chi connectivity index (χ0) is 7.68. The Kier molecular flexibility index (Phi) is 1.43. The molecule has 0 saturated carbocycles. The minimum absolute atomic E-state index is 0.415. The van der Waals surface area contributed by atoms with E-state index in [4.69, 9.17) is 0 Å². The van der Waals surface area contributed by atoms with Crippen LogP contribution < -0.4 is 0 Å². The van der Waals surface area contributed by atoms with Gasteiger partial charge in [0, 0.05) is 12.4 Å². The van der Waals surface area contributed by atoms with E-state index in [0.717, 1.165) is 0 Å². The van der Waals surface area contributed by atoms with Crippen molar-refractivity contribution in [1.82, 2.24) is 19.9 Å². The maximum atomic E-state index is 4.00. The summed E-state index contributed by atoms with van der Waals surface area (Å²) in [5.74, 6) is 0. The average molecular weight is 164 g/mol. The van der Waals surface area contributed by atoms with E-state index in [1.165, 1.54) is 0 Å². The fourth-order valence-corrected chi connectivity index (χ4v) is 0.914. The molecule has 0 unspecified atom stereocenters. The Morgan fingerprint density at radius 2 is 1.91 bits per heavy atom. The van der Waals surface area contributed by atoms with Gasteiger partial charge in [-0.3, -0.25) is 0 Å². The van der Waals surface area contributed by atoms with E-state index < -0.39 is 0 Å². The molecule has 0 N–H and O–H groups in total. The first kappa shape index (κ1) is 6.48. The number of aromatic nitrogens is 4. The molecule has 0 radical (unpaired) electrons. The van der Waals surface area contributed by atoms with Gasteiger partial charge in [0.25, 0.3) is 0 Å². The summed E-state index contributed by atoms with van der Waals surface area (Å²) in [6.07, 6.45) is 4.78. The molecule has 0 fully saturated rings. The van der Waals surface area contributed by atoms with Gasteiger partial charge in [-0.25, -0.2) is 19.9 Å². The number of hydrogen-bond donors (Lipinski definition) is 1. The van der Waals surface area contributed by atoms with Crippen molar-refractivity contribution in [2.75, 3.05) is 0 Å². The van der Waals surface area contributed by atoms with Crippen molar-refractivity contribution in [3.63, 3.8) is 0 Å². The molecule has 2 aromatic heterocycles. The predicted molar refractivity (Wildman–Crippen MR) is 42.4 cm³/mol. The fraction of sp³-hybridized carbons (Fsp3) is 0. The van der Waals surface area contributed by atoms with Crippen LogP contribution in [0.3, 0.4) is 0 Å². The Morgan fingerprint density at radius 1 is 1.09 bits per heavy atom. The fourth-order valence-electron chi connectivity index (χ4n) is 0.761. The number of hydrogen-bond acceptors (Lipinski definition) is 5. The minimum Gasteiger partial charge on any atom is -0.250 e. The molecule has 54 valence electrons. The van der Waals surface area contributed by atoms with Gasteiger partial charge in [0.1, 0.15) is 5.52 Å². The van der Waals surface area contributed by atoms with E-state index >= 15 is 0 Å². The third-order valence-corrected chi connectivity index (χ3v) is 1.43. The van der Waals surface area contributed by atoms with Crippen molar-refractivity contribution in [3.8, 4) is 0 Å². The third kappa shape index (κ3) is 1.14. The first-order chi connectivity index (χ1) is 5.36. The second kappa shape index (κ2) is 2.43. The first-order valence-electron chi connectivity index (χ1n) is 2.99. The first-order valence-corrected chi connectivity index (χ1v) is 3.44. The van der Waals surface area contributed by atoms with Crippen LogP contribution in [0, 0.1) is 0 Å². The van der Waals surface area contributed by atoms with Crippen molar-refractivity contribution in [2.24, 2.45) is 0 Å². The number of nitrogens with zero attached hydrogens (tertiary/aromatic N) is 4. The lowest BCUT2D eigenvalue weighted by Gasteiger charge is -1.92. The molecule has 0 atom stereocenters. The van der Waals surface area contributed by atoms with Crippen molar-refractivity contribution in [1.29, 1.82) is 0 Å². The summed E-state index contributed by atoms with van der Waals surface area (Å²) in [5, 5.41) is 0.415. The van der Waals surface area contributed by atoms with Crippen molar-refractivity contribution >= 4 is 23.8 Å². The van der Waals surface area contributed by atoms with Crippen LogP contribution in [0.5, 0.6) is 0 Å². The highest BCUT2D eigenvalue weighted by molar-refractivity contribution is 7.80. The standard InChI is InChI=1S/C6H4N4S/c11-6-9-3-4-5(10-6)8-2-1-7-4/h1-3H,(H,8,9,10,11). The molecule has 0 bridgehead atoms. The summed E-state index contributed by atoms with van der Waals surface area (Å²) in [6.45, 7) is 0. The Morgan fingerprint density at radius 3 is 2.82 bits per heavy atom. The maximum absolute atomic E-state index is 4.00. The topological polar surface area (TPSA) is 51.6 Å².